The second-order valence-corrected chi connectivity index (χ2v) is 5.86. The SMILES string of the molecule is C#Cc1ccc(N(c2ccccc2)c2cccc3ccccc23)cc1. The summed E-state index contributed by atoms with van der Waals surface area (Å²) in [6, 6.07) is 33.4. The highest BCUT2D eigenvalue weighted by Gasteiger charge is 2.14. The fourth-order valence-corrected chi connectivity index (χ4v) is 3.11. The average molecular weight is 319 g/mol. The minimum atomic E-state index is 0.884. The Kier molecular flexibility index (Phi) is 3.94. The Morgan fingerprint density at radius 1 is 0.600 bits per heavy atom. The zero-order chi connectivity index (χ0) is 17.1. The Morgan fingerprint density at radius 2 is 1.24 bits per heavy atom. The summed E-state index contributed by atoms with van der Waals surface area (Å²) in [4.78, 5) is 2.27. The van der Waals surface area contributed by atoms with Gasteiger partial charge in [-0.3, -0.25) is 0 Å². The van der Waals surface area contributed by atoms with Crippen LogP contribution in [-0.4, -0.2) is 0 Å². The first-order valence-corrected chi connectivity index (χ1v) is 8.26. The predicted molar refractivity (Wildman–Crippen MR) is 107 cm³/mol. The van der Waals surface area contributed by atoms with Gasteiger partial charge in [0.25, 0.3) is 0 Å². The summed E-state index contributed by atoms with van der Waals surface area (Å²) in [5.74, 6) is 2.68. The van der Waals surface area contributed by atoms with Crippen molar-refractivity contribution in [2.24, 2.45) is 0 Å². The smallest absolute Gasteiger partial charge is 0.0540 e. The molecule has 0 heterocycles. The summed E-state index contributed by atoms with van der Waals surface area (Å²) >= 11 is 0. The zero-order valence-corrected chi connectivity index (χ0v) is 13.8. The molecule has 1 heteroatoms. The summed E-state index contributed by atoms with van der Waals surface area (Å²) in [5, 5.41) is 2.44. The molecule has 0 amide bonds. The molecule has 0 saturated carbocycles. The average Bonchev–Trinajstić information content (AvgIpc) is 2.70. The maximum atomic E-state index is 5.51. The van der Waals surface area contributed by atoms with Crippen LogP contribution in [0.2, 0.25) is 0 Å². The lowest BCUT2D eigenvalue weighted by atomic mass is 10.1. The van der Waals surface area contributed by atoms with Gasteiger partial charge in [0.2, 0.25) is 0 Å². The van der Waals surface area contributed by atoms with E-state index >= 15 is 0 Å². The lowest BCUT2D eigenvalue weighted by molar-refractivity contribution is 1.30. The number of anilines is 3. The topological polar surface area (TPSA) is 3.24 Å². The third-order valence-electron chi connectivity index (χ3n) is 4.31. The molecular weight excluding hydrogens is 302 g/mol. The van der Waals surface area contributed by atoms with Gasteiger partial charge in [-0.15, -0.1) is 6.42 Å². The molecule has 4 aromatic rings. The van der Waals surface area contributed by atoms with E-state index < -0.39 is 0 Å². The standard InChI is InChI=1S/C24H17N/c1-2-19-15-17-22(18-16-19)25(21-11-4-3-5-12-21)24-14-8-10-20-9-6-7-13-23(20)24/h1,3-18H. The molecule has 0 aromatic heterocycles. The highest BCUT2D eigenvalue weighted by atomic mass is 15.1. The number of benzene rings is 4. The zero-order valence-electron chi connectivity index (χ0n) is 13.8. The van der Waals surface area contributed by atoms with Gasteiger partial charge in [-0.25, -0.2) is 0 Å². The molecular formula is C24H17N. The number of fused-ring (bicyclic) bond motifs is 1. The maximum Gasteiger partial charge on any atom is 0.0540 e. The van der Waals surface area contributed by atoms with Crippen LogP contribution in [0.5, 0.6) is 0 Å². The molecule has 0 aliphatic carbocycles. The van der Waals surface area contributed by atoms with E-state index in [2.05, 4.69) is 89.7 Å². The number of hydrogen-bond donors (Lipinski definition) is 0. The third-order valence-corrected chi connectivity index (χ3v) is 4.31. The number of nitrogens with zero attached hydrogens (tertiary/aromatic N) is 1. The van der Waals surface area contributed by atoms with Crippen LogP contribution in [0.25, 0.3) is 10.8 Å². The predicted octanol–water partition coefficient (Wildman–Crippen LogP) is 6.29. The molecule has 0 fully saturated rings. The van der Waals surface area contributed by atoms with Gasteiger partial charge in [-0.2, -0.15) is 0 Å². The summed E-state index contributed by atoms with van der Waals surface area (Å²) in [5.41, 5.74) is 4.24. The second kappa shape index (κ2) is 6.55. The molecule has 0 bridgehead atoms. The molecule has 0 aliphatic rings. The van der Waals surface area contributed by atoms with Crippen molar-refractivity contribution in [3.05, 3.63) is 103 Å². The molecule has 1 nitrogen and oxygen atoms in total. The number of para-hydroxylation sites is 1. The van der Waals surface area contributed by atoms with E-state index in [1.807, 2.05) is 18.2 Å². The van der Waals surface area contributed by atoms with Gasteiger partial charge >= 0.3 is 0 Å². The molecule has 25 heavy (non-hydrogen) atoms. The quantitative estimate of drug-likeness (QED) is 0.401. The monoisotopic (exact) mass is 319 g/mol. The van der Waals surface area contributed by atoms with Crippen LogP contribution < -0.4 is 4.90 Å². The van der Waals surface area contributed by atoms with Crippen molar-refractivity contribution in [3.8, 4) is 12.3 Å². The van der Waals surface area contributed by atoms with Crippen molar-refractivity contribution in [2.75, 3.05) is 4.90 Å². The van der Waals surface area contributed by atoms with Crippen molar-refractivity contribution in [3.63, 3.8) is 0 Å². The molecule has 0 N–H and O–H groups in total. The highest BCUT2D eigenvalue weighted by molar-refractivity contribution is 5.98. The van der Waals surface area contributed by atoms with Gasteiger partial charge in [-0.1, -0.05) is 60.5 Å². The maximum absolute atomic E-state index is 5.51. The molecule has 4 aromatic carbocycles. The number of terminal acetylenes is 1. The summed E-state index contributed by atoms with van der Waals surface area (Å²) in [6.07, 6.45) is 5.51. The van der Waals surface area contributed by atoms with E-state index in [4.69, 9.17) is 6.42 Å². The molecule has 0 unspecified atom stereocenters. The van der Waals surface area contributed by atoms with E-state index in [0.29, 0.717) is 0 Å². The Hall–Kier alpha value is -3.50. The van der Waals surface area contributed by atoms with Crippen LogP contribution in [0.15, 0.2) is 97.1 Å². The van der Waals surface area contributed by atoms with Crippen LogP contribution in [0.1, 0.15) is 5.56 Å². The van der Waals surface area contributed by atoms with Crippen molar-refractivity contribution in [1.82, 2.24) is 0 Å². The van der Waals surface area contributed by atoms with Gasteiger partial charge in [-0.05, 0) is 47.9 Å². The van der Waals surface area contributed by atoms with E-state index in [9.17, 15) is 0 Å². The van der Waals surface area contributed by atoms with Gasteiger partial charge in [0.1, 0.15) is 0 Å². The van der Waals surface area contributed by atoms with E-state index in [1.165, 1.54) is 10.8 Å². The lowest BCUT2D eigenvalue weighted by Crippen LogP contribution is -2.10. The Balaban J connectivity index is 1.95. The first-order chi connectivity index (χ1) is 12.4. The van der Waals surface area contributed by atoms with Crippen LogP contribution in [0.4, 0.5) is 17.1 Å². The number of hydrogen-bond acceptors (Lipinski definition) is 1. The van der Waals surface area contributed by atoms with Crippen molar-refractivity contribution in [1.29, 1.82) is 0 Å². The summed E-state index contributed by atoms with van der Waals surface area (Å²) < 4.78 is 0. The fraction of sp³-hybridized carbons (Fsp3) is 0. The van der Waals surface area contributed by atoms with E-state index in [0.717, 1.165) is 22.6 Å². The first-order valence-electron chi connectivity index (χ1n) is 8.26. The molecule has 0 aliphatic heterocycles. The Morgan fingerprint density at radius 3 is 2.00 bits per heavy atom. The largest absolute Gasteiger partial charge is 0.310 e. The third kappa shape index (κ3) is 2.86. The molecule has 118 valence electrons. The first kappa shape index (κ1) is 15.1. The molecule has 0 atom stereocenters. The van der Waals surface area contributed by atoms with Gasteiger partial charge in [0, 0.05) is 22.3 Å². The van der Waals surface area contributed by atoms with Crippen LogP contribution in [-0.2, 0) is 0 Å². The number of rotatable bonds is 3. The fourth-order valence-electron chi connectivity index (χ4n) is 3.11. The van der Waals surface area contributed by atoms with E-state index in [-0.39, 0.29) is 0 Å². The second-order valence-electron chi connectivity index (χ2n) is 5.86. The minimum absolute atomic E-state index is 0.884. The van der Waals surface area contributed by atoms with E-state index in [1.54, 1.807) is 0 Å². The lowest BCUT2D eigenvalue weighted by Gasteiger charge is -2.26. The van der Waals surface area contributed by atoms with Gasteiger partial charge in [0.15, 0.2) is 0 Å². The van der Waals surface area contributed by atoms with Crippen LogP contribution >= 0.6 is 0 Å². The van der Waals surface area contributed by atoms with Crippen molar-refractivity contribution >= 4 is 27.8 Å². The summed E-state index contributed by atoms with van der Waals surface area (Å²) in [6.45, 7) is 0. The highest BCUT2D eigenvalue weighted by Crippen LogP contribution is 2.38. The molecule has 4 rings (SSSR count). The Bertz CT molecular complexity index is 1040. The molecule has 0 saturated heterocycles. The normalized spacial score (nSPS) is 10.4. The van der Waals surface area contributed by atoms with Crippen LogP contribution in [0, 0.1) is 12.3 Å². The summed E-state index contributed by atoms with van der Waals surface area (Å²) in [7, 11) is 0. The Labute approximate surface area is 148 Å². The van der Waals surface area contributed by atoms with Crippen molar-refractivity contribution in [2.45, 2.75) is 0 Å². The minimum Gasteiger partial charge on any atom is -0.310 e. The molecule has 0 spiro atoms. The van der Waals surface area contributed by atoms with Gasteiger partial charge < -0.3 is 4.90 Å². The van der Waals surface area contributed by atoms with Crippen LogP contribution in [0.3, 0.4) is 0 Å². The molecule has 0 radical (unpaired) electrons. The van der Waals surface area contributed by atoms with Crippen molar-refractivity contribution < 1.29 is 0 Å². The van der Waals surface area contributed by atoms with Gasteiger partial charge in [0.05, 0.1) is 5.69 Å².